The van der Waals surface area contributed by atoms with Crippen molar-refractivity contribution in [3.8, 4) is 17.2 Å². The molecule has 198 valence electrons. The van der Waals surface area contributed by atoms with E-state index in [1.165, 1.54) is 18.3 Å². The molecule has 6 nitrogen and oxygen atoms in total. The summed E-state index contributed by atoms with van der Waals surface area (Å²) in [6.45, 7) is 7.69. The first kappa shape index (κ1) is 29.0. The number of oxime groups is 1. The third-order valence-electron chi connectivity index (χ3n) is 5.25. The van der Waals surface area contributed by atoms with Gasteiger partial charge in [0.1, 0.15) is 31.0 Å². The molecule has 0 aliphatic carbocycles. The van der Waals surface area contributed by atoms with Crippen molar-refractivity contribution in [1.82, 2.24) is 4.98 Å². The van der Waals surface area contributed by atoms with Crippen LogP contribution in [0.3, 0.4) is 0 Å². The van der Waals surface area contributed by atoms with Gasteiger partial charge >= 0.3 is 6.18 Å². The fourth-order valence-corrected chi connectivity index (χ4v) is 3.50. The molecule has 0 spiro atoms. The fraction of sp³-hybridized carbons (Fsp3) is 0.481. The lowest BCUT2D eigenvalue weighted by atomic mass is 10.1. The third kappa shape index (κ3) is 9.79. The largest absolute Gasteiger partial charge is 0.493 e. The number of rotatable bonds is 15. The van der Waals surface area contributed by atoms with Gasteiger partial charge in [0.25, 0.3) is 0 Å². The van der Waals surface area contributed by atoms with Crippen molar-refractivity contribution in [2.24, 2.45) is 5.16 Å². The van der Waals surface area contributed by atoms with Crippen LogP contribution in [-0.2, 0) is 4.84 Å². The minimum absolute atomic E-state index is 0.321. The van der Waals surface area contributed by atoms with Crippen molar-refractivity contribution in [1.29, 1.82) is 0 Å². The van der Waals surface area contributed by atoms with Gasteiger partial charge in [-0.3, -0.25) is 4.98 Å². The molecule has 0 saturated carbocycles. The molecule has 0 aliphatic heterocycles. The second kappa shape index (κ2) is 15.0. The van der Waals surface area contributed by atoms with E-state index >= 15 is 0 Å². The second-order valence-corrected chi connectivity index (χ2v) is 8.23. The first-order chi connectivity index (χ1) is 17.3. The van der Waals surface area contributed by atoms with E-state index in [4.69, 9.17) is 14.2 Å². The molecule has 1 aromatic heterocycles. The molecule has 0 radical (unpaired) electrons. The first-order valence-corrected chi connectivity index (χ1v) is 12.0. The van der Waals surface area contributed by atoms with E-state index in [-0.39, 0.29) is 5.69 Å². The van der Waals surface area contributed by atoms with Crippen LogP contribution in [0.2, 0.25) is 0 Å². The number of aryl methyl sites for hydroxylation is 2. The number of alkyl halides is 3. The van der Waals surface area contributed by atoms with E-state index in [9.17, 15) is 13.2 Å². The molecule has 0 amide bonds. The molecule has 0 atom stereocenters. The highest BCUT2D eigenvalue weighted by molar-refractivity contribution is 6.02. The highest BCUT2D eigenvalue weighted by Crippen LogP contribution is 2.29. The first-order valence-electron chi connectivity index (χ1n) is 12.0. The van der Waals surface area contributed by atoms with Gasteiger partial charge in [-0.15, -0.1) is 0 Å². The summed E-state index contributed by atoms with van der Waals surface area (Å²) in [7, 11) is 1.06. The fourth-order valence-electron chi connectivity index (χ4n) is 3.50. The number of halogens is 3. The summed E-state index contributed by atoms with van der Waals surface area (Å²) >= 11 is 0. The van der Waals surface area contributed by atoms with E-state index in [2.05, 4.69) is 15.0 Å². The quantitative estimate of drug-likeness (QED) is 0.112. The van der Waals surface area contributed by atoms with Crippen molar-refractivity contribution in [2.75, 3.05) is 26.9 Å². The van der Waals surface area contributed by atoms with Crippen LogP contribution in [0.15, 0.2) is 47.8 Å². The van der Waals surface area contributed by atoms with Crippen LogP contribution in [0.5, 0.6) is 17.2 Å². The van der Waals surface area contributed by atoms with Crippen LogP contribution < -0.4 is 14.2 Å². The van der Waals surface area contributed by atoms with Gasteiger partial charge in [0.15, 0.2) is 0 Å². The molecule has 0 bridgehead atoms. The van der Waals surface area contributed by atoms with Crippen molar-refractivity contribution in [3.05, 3.63) is 59.4 Å². The van der Waals surface area contributed by atoms with Crippen molar-refractivity contribution in [3.63, 3.8) is 0 Å². The van der Waals surface area contributed by atoms with Crippen LogP contribution in [-0.4, -0.2) is 43.8 Å². The number of hydrogen-bond donors (Lipinski definition) is 0. The van der Waals surface area contributed by atoms with Crippen LogP contribution in [0.25, 0.3) is 0 Å². The topological polar surface area (TPSA) is 62.2 Å². The highest BCUT2D eigenvalue weighted by atomic mass is 19.4. The highest BCUT2D eigenvalue weighted by Gasteiger charge is 2.38. The maximum absolute atomic E-state index is 13.0. The zero-order chi connectivity index (χ0) is 26.4. The number of ether oxygens (including phenoxy) is 3. The normalized spacial score (nSPS) is 12.1. The number of benzene rings is 1. The maximum atomic E-state index is 13.0. The predicted octanol–water partition coefficient (Wildman–Crippen LogP) is 6.97. The third-order valence-corrected chi connectivity index (χ3v) is 5.25. The molecule has 2 rings (SSSR count). The SMILES string of the molecule is C/C=C/COc1cc(C)c(OCCCCCCCOc2ccc(/C(=N/OC)C(F)(F)F)nc2)c(C)c1. The van der Waals surface area contributed by atoms with Crippen LogP contribution >= 0.6 is 0 Å². The Balaban J connectivity index is 1.62. The Hall–Kier alpha value is -3.23. The Bertz CT molecular complexity index is 966. The molecule has 0 saturated heterocycles. The lowest BCUT2D eigenvalue weighted by molar-refractivity contribution is -0.0609. The number of aromatic nitrogens is 1. The molecule has 9 heteroatoms. The minimum atomic E-state index is -4.65. The molecule has 0 N–H and O–H groups in total. The molecule has 1 aromatic carbocycles. The molecular formula is C27H35F3N2O4. The zero-order valence-electron chi connectivity index (χ0n) is 21.4. The molecular weight excluding hydrogens is 473 g/mol. The monoisotopic (exact) mass is 508 g/mol. The Morgan fingerprint density at radius 1 is 0.917 bits per heavy atom. The number of allylic oxidation sites excluding steroid dienone is 1. The number of nitrogens with zero attached hydrogens (tertiary/aromatic N) is 2. The lowest BCUT2D eigenvalue weighted by Gasteiger charge is -2.14. The van der Waals surface area contributed by atoms with Gasteiger partial charge in [0.05, 0.1) is 25.1 Å². The Labute approximate surface area is 211 Å². The van der Waals surface area contributed by atoms with Gasteiger partial charge < -0.3 is 19.0 Å². The summed E-state index contributed by atoms with van der Waals surface area (Å²) < 4.78 is 56.2. The van der Waals surface area contributed by atoms with E-state index in [0.29, 0.717) is 25.6 Å². The van der Waals surface area contributed by atoms with Crippen molar-refractivity contribution in [2.45, 2.75) is 59.1 Å². The van der Waals surface area contributed by atoms with Crippen LogP contribution in [0.1, 0.15) is 55.8 Å². The molecule has 1 heterocycles. The molecule has 0 unspecified atom stereocenters. The van der Waals surface area contributed by atoms with Crippen molar-refractivity contribution >= 4 is 5.71 Å². The summed E-state index contributed by atoms with van der Waals surface area (Å²) in [5.74, 6) is 2.17. The Morgan fingerprint density at radius 2 is 1.56 bits per heavy atom. The summed E-state index contributed by atoms with van der Waals surface area (Å²) in [6.07, 6.45) is 5.39. The van der Waals surface area contributed by atoms with Crippen LogP contribution in [0, 0.1) is 13.8 Å². The smallest absolute Gasteiger partial charge is 0.438 e. The van der Waals surface area contributed by atoms with Gasteiger partial charge in [0.2, 0.25) is 5.71 Å². The summed E-state index contributed by atoms with van der Waals surface area (Å²) in [4.78, 5) is 8.07. The number of hydrogen-bond acceptors (Lipinski definition) is 6. The van der Waals surface area contributed by atoms with Crippen LogP contribution in [0.4, 0.5) is 13.2 Å². The van der Waals surface area contributed by atoms with Gasteiger partial charge in [-0.25, -0.2) is 0 Å². The van der Waals surface area contributed by atoms with E-state index < -0.39 is 11.9 Å². The Kier molecular flexibility index (Phi) is 12.1. The Morgan fingerprint density at radius 3 is 2.11 bits per heavy atom. The van der Waals surface area contributed by atoms with E-state index in [1.54, 1.807) is 0 Å². The standard InChI is InChI=1S/C27H35F3N2O4/c1-5-6-14-35-23-17-20(2)25(21(3)18-23)36-16-11-9-7-8-10-15-34-22-12-13-24(31-19-22)26(32-33-4)27(28,29)30/h5-6,12-13,17-19H,7-11,14-16H2,1-4H3/b6-5+,32-26-. The van der Waals surface area contributed by atoms with Crippen molar-refractivity contribution < 1.29 is 32.2 Å². The summed E-state index contributed by atoms with van der Waals surface area (Å²) in [5.41, 5.74) is 0.617. The van der Waals surface area contributed by atoms with Gasteiger partial charge in [-0.1, -0.05) is 36.6 Å². The van der Waals surface area contributed by atoms with E-state index in [0.717, 1.165) is 61.8 Å². The molecule has 0 aliphatic rings. The van der Waals surface area contributed by atoms with Gasteiger partial charge in [-0.05, 0) is 69.0 Å². The molecule has 2 aromatic rings. The van der Waals surface area contributed by atoms with E-state index in [1.807, 2.05) is 45.1 Å². The molecule has 0 fully saturated rings. The minimum Gasteiger partial charge on any atom is -0.493 e. The molecule has 36 heavy (non-hydrogen) atoms. The lowest BCUT2D eigenvalue weighted by Crippen LogP contribution is -2.25. The average Bonchev–Trinajstić information content (AvgIpc) is 2.83. The number of unbranched alkanes of at least 4 members (excludes halogenated alkanes) is 4. The average molecular weight is 509 g/mol. The van der Waals surface area contributed by atoms with Gasteiger partial charge in [0, 0.05) is 0 Å². The predicted molar refractivity (Wildman–Crippen MR) is 134 cm³/mol. The summed E-state index contributed by atoms with van der Waals surface area (Å²) in [6, 6.07) is 6.66. The second-order valence-electron chi connectivity index (χ2n) is 8.23. The maximum Gasteiger partial charge on any atom is 0.438 e. The summed E-state index contributed by atoms with van der Waals surface area (Å²) in [5, 5.41) is 3.03. The number of pyridine rings is 1. The van der Waals surface area contributed by atoms with Gasteiger partial charge in [-0.2, -0.15) is 13.2 Å². The zero-order valence-corrected chi connectivity index (χ0v) is 21.4.